The number of aromatic nitrogens is 5. The number of amides is 3. The standard InChI is InChI=1S/C48H50N12O3/c1-56(45(62)32-57-20-17-35(18-21-57)34-9-12-39(13-10-34)53-41-14-16-44(61)55-48(41)63)29-33-5-7-36(8-6-33)42-31-60-47(38(26-49)28-52-60)46(54-42)37-11-15-43(51-27-37)59-24-22-58(23-25-59)30-40-4-2-3-19-50-40/h2-13,15,19,27-28,31,35,41,53H,14,16-18,20-25,29-30,32H2,1H3,(H,55,61,63). The Bertz CT molecular complexity index is 2610. The molecule has 320 valence electrons. The van der Waals surface area contributed by atoms with Gasteiger partial charge in [0.1, 0.15) is 29.0 Å². The molecule has 9 rings (SSSR count). The highest BCUT2D eigenvalue weighted by Gasteiger charge is 2.27. The van der Waals surface area contributed by atoms with Gasteiger partial charge in [-0.2, -0.15) is 10.4 Å². The second kappa shape index (κ2) is 18.5. The monoisotopic (exact) mass is 842 g/mol. The molecule has 0 aliphatic carbocycles. The van der Waals surface area contributed by atoms with E-state index < -0.39 is 6.04 Å². The molecule has 1 unspecified atom stereocenters. The number of carbonyl (C=O) groups excluding carboxylic acids is 3. The molecule has 0 radical (unpaired) electrons. The third-order valence-electron chi connectivity index (χ3n) is 12.5. The first-order valence-corrected chi connectivity index (χ1v) is 21.6. The van der Waals surface area contributed by atoms with Crippen molar-refractivity contribution in [2.24, 2.45) is 0 Å². The van der Waals surface area contributed by atoms with E-state index in [-0.39, 0.29) is 17.7 Å². The first-order chi connectivity index (χ1) is 30.8. The van der Waals surface area contributed by atoms with Crippen LogP contribution in [0.15, 0.2) is 104 Å². The average Bonchev–Trinajstić information content (AvgIpc) is 3.74. The number of piperidine rings is 2. The molecule has 1 atom stereocenters. The molecule has 3 amide bonds. The van der Waals surface area contributed by atoms with Crippen molar-refractivity contribution in [3.63, 3.8) is 0 Å². The topological polar surface area (TPSA) is 168 Å². The molecule has 3 aliphatic rings. The van der Waals surface area contributed by atoms with Crippen LogP contribution in [0.5, 0.6) is 0 Å². The molecule has 2 N–H and O–H groups in total. The third-order valence-corrected chi connectivity index (χ3v) is 12.5. The second-order valence-electron chi connectivity index (χ2n) is 16.7. The molecule has 63 heavy (non-hydrogen) atoms. The maximum absolute atomic E-state index is 13.4. The number of likely N-dealkylation sites (tertiary alicyclic amines) is 1. The van der Waals surface area contributed by atoms with Crippen LogP contribution in [0.4, 0.5) is 11.5 Å². The number of hydrogen-bond acceptors (Lipinski definition) is 12. The van der Waals surface area contributed by atoms with Crippen LogP contribution < -0.4 is 15.5 Å². The summed E-state index contributed by atoms with van der Waals surface area (Å²) in [4.78, 5) is 60.1. The fourth-order valence-electron chi connectivity index (χ4n) is 8.77. The molecule has 3 fully saturated rings. The van der Waals surface area contributed by atoms with Gasteiger partial charge in [0.05, 0.1) is 36.0 Å². The number of anilines is 2. The zero-order valence-corrected chi connectivity index (χ0v) is 35.4. The first kappa shape index (κ1) is 41.3. The van der Waals surface area contributed by atoms with Crippen molar-refractivity contribution in [1.29, 1.82) is 5.26 Å². The molecular weight excluding hydrogens is 793 g/mol. The van der Waals surface area contributed by atoms with E-state index in [1.54, 1.807) is 15.6 Å². The lowest BCUT2D eigenvalue weighted by Gasteiger charge is -2.35. The van der Waals surface area contributed by atoms with Crippen LogP contribution in [0, 0.1) is 11.3 Å². The summed E-state index contributed by atoms with van der Waals surface area (Å²) in [7, 11) is 1.85. The van der Waals surface area contributed by atoms with Gasteiger partial charge in [-0.1, -0.05) is 42.5 Å². The number of hydrogen-bond donors (Lipinski definition) is 2. The van der Waals surface area contributed by atoms with Gasteiger partial charge in [0.25, 0.3) is 0 Å². The number of nitrogens with zero attached hydrogens (tertiary/aromatic N) is 10. The van der Waals surface area contributed by atoms with E-state index in [4.69, 9.17) is 9.97 Å². The quantitative estimate of drug-likeness (QED) is 0.157. The summed E-state index contributed by atoms with van der Waals surface area (Å²) in [5.74, 6) is 0.888. The van der Waals surface area contributed by atoms with Crippen molar-refractivity contribution < 1.29 is 14.4 Å². The highest BCUT2D eigenvalue weighted by atomic mass is 16.2. The van der Waals surface area contributed by atoms with Crippen LogP contribution in [-0.4, -0.2) is 116 Å². The Morgan fingerprint density at radius 2 is 1.65 bits per heavy atom. The Kier molecular flexibility index (Phi) is 12.2. The molecule has 15 heteroatoms. The van der Waals surface area contributed by atoms with E-state index in [0.29, 0.717) is 54.3 Å². The molecule has 3 aliphatic heterocycles. The SMILES string of the molecule is CN(Cc1ccc(-c2cn3ncc(C#N)c3c(-c3ccc(N4CCN(Cc5ccccn5)CC4)nc3)n2)cc1)C(=O)CN1CCC(c2ccc(NC3CCC(=O)NC3=O)cc2)CC1. The molecule has 3 saturated heterocycles. The summed E-state index contributed by atoms with van der Waals surface area (Å²) in [5.41, 5.74) is 8.30. The Morgan fingerprint density at radius 3 is 2.35 bits per heavy atom. The maximum atomic E-state index is 13.4. The normalized spacial score (nSPS) is 17.7. The zero-order valence-electron chi connectivity index (χ0n) is 35.4. The van der Waals surface area contributed by atoms with E-state index in [1.165, 1.54) is 5.56 Å². The Balaban J connectivity index is 0.787. The van der Waals surface area contributed by atoms with E-state index >= 15 is 0 Å². The van der Waals surface area contributed by atoms with Gasteiger partial charge in [-0.15, -0.1) is 0 Å². The van der Waals surface area contributed by atoms with Crippen LogP contribution in [0.2, 0.25) is 0 Å². The zero-order chi connectivity index (χ0) is 43.3. The van der Waals surface area contributed by atoms with Crippen molar-refractivity contribution in [2.75, 3.05) is 63.1 Å². The van der Waals surface area contributed by atoms with Crippen molar-refractivity contribution in [3.05, 3.63) is 126 Å². The van der Waals surface area contributed by atoms with E-state index in [0.717, 1.165) is 92.5 Å². The number of carbonyl (C=O) groups is 3. The first-order valence-electron chi connectivity index (χ1n) is 21.6. The van der Waals surface area contributed by atoms with Gasteiger partial charge in [0.15, 0.2) is 0 Å². The number of imide groups is 1. The number of piperazine rings is 1. The predicted molar refractivity (Wildman–Crippen MR) is 239 cm³/mol. The minimum Gasteiger partial charge on any atom is -0.374 e. The Labute approximate surface area is 366 Å². The highest BCUT2D eigenvalue weighted by molar-refractivity contribution is 6.01. The Hall–Kier alpha value is -7.02. The molecule has 0 spiro atoms. The molecule has 0 saturated carbocycles. The number of nitriles is 1. The molecule has 2 aromatic carbocycles. The van der Waals surface area contributed by atoms with Gasteiger partial charge < -0.3 is 15.1 Å². The van der Waals surface area contributed by atoms with Crippen LogP contribution in [0.1, 0.15) is 54.0 Å². The van der Waals surface area contributed by atoms with Crippen molar-refractivity contribution in [2.45, 2.75) is 50.7 Å². The van der Waals surface area contributed by atoms with Crippen molar-refractivity contribution >= 4 is 34.7 Å². The largest absolute Gasteiger partial charge is 0.374 e. The molecular formula is C48H50N12O3. The summed E-state index contributed by atoms with van der Waals surface area (Å²) < 4.78 is 1.72. The van der Waals surface area contributed by atoms with Gasteiger partial charge in [0.2, 0.25) is 17.7 Å². The molecule has 15 nitrogen and oxygen atoms in total. The van der Waals surface area contributed by atoms with Gasteiger partial charge >= 0.3 is 0 Å². The van der Waals surface area contributed by atoms with Crippen LogP contribution in [0.3, 0.4) is 0 Å². The lowest BCUT2D eigenvalue weighted by atomic mass is 9.89. The van der Waals surface area contributed by atoms with Crippen LogP contribution >= 0.6 is 0 Å². The van der Waals surface area contributed by atoms with E-state index in [9.17, 15) is 19.6 Å². The minimum atomic E-state index is -0.405. The van der Waals surface area contributed by atoms with Gasteiger partial charge in [-0.05, 0) is 85.8 Å². The van der Waals surface area contributed by atoms with Crippen LogP contribution in [0.25, 0.3) is 28.0 Å². The smallest absolute Gasteiger partial charge is 0.249 e. The average molecular weight is 843 g/mol. The number of benzene rings is 2. The number of pyridine rings is 2. The third kappa shape index (κ3) is 9.57. The number of likely N-dealkylation sites (N-methyl/N-ethyl adjacent to an activating group) is 1. The summed E-state index contributed by atoms with van der Waals surface area (Å²) >= 11 is 0. The lowest BCUT2D eigenvalue weighted by Crippen LogP contribution is -2.47. The molecule has 6 aromatic rings. The second-order valence-corrected chi connectivity index (χ2v) is 16.7. The highest BCUT2D eigenvalue weighted by Crippen LogP contribution is 2.31. The summed E-state index contributed by atoms with van der Waals surface area (Å²) in [6.45, 7) is 6.94. The van der Waals surface area contributed by atoms with E-state index in [1.807, 2.05) is 86.3 Å². The number of fused-ring (bicyclic) bond motifs is 1. The number of nitrogens with one attached hydrogen (secondary N) is 2. The summed E-state index contributed by atoms with van der Waals surface area (Å²) in [6, 6.07) is 28.2. The van der Waals surface area contributed by atoms with Gasteiger partial charge in [-0.3, -0.25) is 34.5 Å². The van der Waals surface area contributed by atoms with Crippen molar-refractivity contribution in [1.82, 2.24) is 44.6 Å². The summed E-state index contributed by atoms with van der Waals surface area (Å²) in [5, 5.41) is 20.1. The molecule has 7 heterocycles. The molecule has 4 aromatic heterocycles. The fraction of sp³-hybridized carbons (Fsp3) is 0.333. The lowest BCUT2D eigenvalue weighted by molar-refractivity contribution is -0.134. The number of rotatable bonds is 12. The minimum absolute atomic E-state index is 0.0765. The Morgan fingerprint density at radius 1 is 0.873 bits per heavy atom. The van der Waals surface area contributed by atoms with Crippen molar-refractivity contribution in [3.8, 4) is 28.6 Å². The van der Waals surface area contributed by atoms with Gasteiger partial charge in [-0.25, -0.2) is 14.5 Å². The molecule has 0 bridgehead atoms. The van der Waals surface area contributed by atoms with E-state index in [2.05, 4.69) is 59.7 Å². The fourth-order valence-corrected chi connectivity index (χ4v) is 8.77. The maximum Gasteiger partial charge on any atom is 0.249 e. The predicted octanol–water partition coefficient (Wildman–Crippen LogP) is 5.10. The van der Waals surface area contributed by atoms with Crippen LogP contribution in [-0.2, 0) is 27.5 Å². The summed E-state index contributed by atoms with van der Waals surface area (Å²) in [6.07, 6.45) is 9.84. The van der Waals surface area contributed by atoms with Gasteiger partial charge in [0, 0.05) is 81.9 Å².